The molecule has 3 nitrogen and oxygen atoms in total. The zero-order chi connectivity index (χ0) is 13.0. The average Bonchev–Trinajstić information content (AvgIpc) is 2.66. The lowest BCUT2D eigenvalue weighted by Crippen LogP contribution is -2.10. The van der Waals surface area contributed by atoms with E-state index in [0.29, 0.717) is 22.3 Å². The quantitative estimate of drug-likeness (QED) is 0.766. The van der Waals surface area contributed by atoms with Gasteiger partial charge in [-0.15, -0.1) is 0 Å². The van der Waals surface area contributed by atoms with Gasteiger partial charge in [0.05, 0.1) is 10.1 Å². The highest BCUT2D eigenvalue weighted by atomic mass is 35.5. The number of hydrogen-bond donors (Lipinski definition) is 2. The number of allylic oxidation sites excluding steroid dienone is 4. The molecule has 2 aliphatic carbocycles. The number of fused-ring (bicyclic) bond motifs is 3. The Morgan fingerprint density at radius 1 is 1.00 bits per heavy atom. The van der Waals surface area contributed by atoms with Crippen molar-refractivity contribution in [1.82, 2.24) is 0 Å². The molecule has 5 heteroatoms. The van der Waals surface area contributed by atoms with Crippen LogP contribution in [0.1, 0.15) is 11.1 Å². The van der Waals surface area contributed by atoms with Crippen molar-refractivity contribution in [2.24, 2.45) is 0 Å². The van der Waals surface area contributed by atoms with Crippen molar-refractivity contribution < 1.29 is 15.0 Å². The third kappa shape index (κ3) is 1.41. The Bertz CT molecular complexity index is 696. The molecule has 0 bridgehead atoms. The maximum atomic E-state index is 11.9. The normalized spacial score (nSPS) is 17.3. The molecule has 0 atom stereocenters. The molecule has 0 amide bonds. The molecule has 1 aromatic carbocycles. The second-order valence-corrected chi connectivity index (χ2v) is 4.85. The molecule has 0 spiro atoms. The first kappa shape index (κ1) is 11.4. The molecule has 0 aliphatic heterocycles. The second-order valence-electron chi connectivity index (χ2n) is 4.03. The summed E-state index contributed by atoms with van der Waals surface area (Å²) in [4.78, 5) is 11.9. The van der Waals surface area contributed by atoms with Gasteiger partial charge in [-0.25, -0.2) is 0 Å². The van der Waals surface area contributed by atoms with E-state index in [1.807, 2.05) is 0 Å². The van der Waals surface area contributed by atoms with Crippen molar-refractivity contribution in [1.29, 1.82) is 0 Å². The third-order valence-electron chi connectivity index (χ3n) is 2.96. The summed E-state index contributed by atoms with van der Waals surface area (Å²) < 4.78 is 0. The molecular weight excluding hydrogens is 275 g/mol. The first-order chi connectivity index (χ1) is 8.49. The first-order valence-corrected chi connectivity index (χ1v) is 5.84. The highest BCUT2D eigenvalue weighted by Gasteiger charge is 2.31. The molecule has 0 aromatic heterocycles. The van der Waals surface area contributed by atoms with Crippen LogP contribution < -0.4 is 0 Å². The van der Waals surface area contributed by atoms with Gasteiger partial charge in [-0.1, -0.05) is 23.2 Å². The lowest BCUT2D eigenvalue weighted by Gasteiger charge is -2.12. The lowest BCUT2D eigenvalue weighted by atomic mass is 9.95. The summed E-state index contributed by atoms with van der Waals surface area (Å²) in [6.07, 6.45) is 3.11. The van der Waals surface area contributed by atoms with E-state index in [1.165, 1.54) is 12.1 Å². The van der Waals surface area contributed by atoms with Crippen molar-refractivity contribution in [2.45, 2.75) is 0 Å². The molecule has 2 aliphatic rings. The molecular formula is C13H6Cl2O3. The van der Waals surface area contributed by atoms with Gasteiger partial charge in [0.2, 0.25) is 5.78 Å². The van der Waals surface area contributed by atoms with Gasteiger partial charge >= 0.3 is 0 Å². The lowest BCUT2D eigenvalue weighted by molar-refractivity contribution is -0.114. The van der Waals surface area contributed by atoms with Crippen molar-refractivity contribution in [2.75, 3.05) is 0 Å². The van der Waals surface area contributed by atoms with Crippen LogP contribution in [-0.4, -0.2) is 16.0 Å². The number of Topliss-reactive ketones (excluding diaryl/α,β-unsaturated/α-hetero) is 1. The molecule has 2 N–H and O–H groups in total. The summed E-state index contributed by atoms with van der Waals surface area (Å²) in [5, 5.41) is 19.3. The van der Waals surface area contributed by atoms with Crippen LogP contribution in [0.3, 0.4) is 0 Å². The number of carbonyl (C=O) groups excluding carboxylic acids is 1. The third-order valence-corrected chi connectivity index (χ3v) is 3.55. The fourth-order valence-electron chi connectivity index (χ4n) is 2.08. The highest BCUT2D eigenvalue weighted by molar-refractivity contribution is 6.39. The summed E-state index contributed by atoms with van der Waals surface area (Å²) >= 11 is 11.6. The number of aromatic hydroxyl groups is 1. The molecule has 18 heavy (non-hydrogen) atoms. The fourth-order valence-corrected chi connectivity index (χ4v) is 2.44. The summed E-state index contributed by atoms with van der Waals surface area (Å²) in [6, 6.07) is 3.05. The van der Waals surface area contributed by atoms with Crippen LogP contribution in [0.5, 0.6) is 5.75 Å². The van der Waals surface area contributed by atoms with Crippen molar-refractivity contribution in [3.05, 3.63) is 50.7 Å². The van der Waals surface area contributed by atoms with Crippen LogP contribution in [0.4, 0.5) is 0 Å². The van der Waals surface area contributed by atoms with E-state index in [2.05, 4.69) is 0 Å². The topological polar surface area (TPSA) is 57.5 Å². The van der Waals surface area contributed by atoms with Gasteiger partial charge in [0.25, 0.3) is 0 Å². The van der Waals surface area contributed by atoms with Gasteiger partial charge in [-0.3, -0.25) is 4.79 Å². The van der Waals surface area contributed by atoms with Gasteiger partial charge in [-0.2, -0.15) is 0 Å². The number of halogens is 2. The number of aliphatic hydroxyl groups excluding tert-OH is 1. The second kappa shape index (κ2) is 3.64. The summed E-state index contributed by atoms with van der Waals surface area (Å²) in [5.41, 5.74) is 2.35. The molecule has 0 unspecified atom stereocenters. The van der Waals surface area contributed by atoms with Crippen LogP contribution in [0.25, 0.3) is 11.6 Å². The van der Waals surface area contributed by atoms with E-state index in [0.717, 1.165) is 0 Å². The molecule has 1 aromatic rings. The largest absolute Gasteiger partial charge is 0.506 e. The van der Waals surface area contributed by atoms with E-state index in [4.69, 9.17) is 23.2 Å². The molecule has 0 saturated heterocycles. The number of aliphatic hydroxyl groups is 1. The van der Waals surface area contributed by atoms with E-state index >= 15 is 0 Å². The van der Waals surface area contributed by atoms with Gasteiger partial charge in [-0.05, 0) is 41.0 Å². The zero-order valence-electron chi connectivity index (χ0n) is 8.87. The minimum absolute atomic E-state index is 0.00389. The molecule has 0 fully saturated rings. The Hall–Kier alpha value is -1.71. The van der Waals surface area contributed by atoms with E-state index in [1.54, 1.807) is 12.1 Å². The summed E-state index contributed by atoms with van der Waals surface area (Å²) in [5.74, 6) is -1.04. The number of ketones is 1. The summed E-state index contributed by atoms with van der Waals surface area (Å²) in [6.45, 7) is 0. The van der Waals surface area contributed by atoms with Crippen LogP contribution in [0.2, 0.25) is 5.02 Å². The Morgan fingerprint density at radius 2 is 1.72 bits per heavy atom. The Labute approximate surface area is 112 Å². The van der Waals surface area contributed by atoms with Crippen molar-refractivity contribution >= 4 is 40.6 Å². The number of carbonyl (C=O) groups is 1. The predicted molar refractivity (Wildman–Crippen MR) is 69.6 cm³/mol. The van der Waals surface area contributed by atoms with Crippen LogP contribution >= 0.6 is 23.2 Å². The van der Waals surface area contributed by atoms with Gasteiger partial charge in [0.1, 0.15) is 5.75 Å². The average molecular weight is 281 g/mol. The Morgan fingerprint density at radius 3 is 2.44 bits per heavy atom. The highest BCUT2D eigenvalue weighted by Crippen LogP contribution is 2.44. The Balaban J connectivity index is 2.27. The standard InChI is InChI=1S/C13H6Cl2O3/c14-9-3-6-5(2-11(9)16)1-8-7(6)4-10(15)13(18)12(8)17/h1-4,16,18H. The van der Waals surface area contributed by atoms with E-state index < -0.39 is 11.5 Å². The SMILES string of the molecule is O=C1C2=Cc3cc(O)c(Cl)cc3C2=CC(Cl)=C1O. The fraction of sp³-hybridized carbons (Fsp3) is 0. The first-order valence-electron chi connectivity index (χ1n) is 5.09. The number of phenols is 1. The zero-order valence-corrected chi connectivity index (χ0v) is 10.4. The molecule has 0 radical (unpaired) electrons. The molecule has 90 valence electrons. The number of benzene rings is 1. The number of phenolic OH excluding ortho intramolecular Hbond substituents is 1. The molecule has 0 saturated carbocycles. The van der Waals surface area contributed by atoms with E-state index in [-0.39, 0.29) is 15.8 Å². The predicted octanol–water partition coefficient (Wildman–Crippen LogP) is 3.42. The maximum absolute atomic E-state index is 11.9. The van der Waals surface area contributed by atoms with Gasteiger partial charge in [0, 0.05) is 5.57 Å². The minimum Gasteiger partial charge on any atom is -0.506 e. The van der Waals surface area contributed by atoms with Crippen LogP contribution in [-0.2, 0) is 4.79 Å². The minimum atomic E-state index is -0.524. The van der Waals surface area contributed by atoms with Crippen molar-refractivity contribution in [3.8, 4) is 5.75 Å². The molecule has 3 rings (SSSR count). The van der Waals surface area contributed by atoms with Crippen LogP contribution in [0, 0.1) is 0 Å². The van der Waals surface area contributed by atoms with Gasteiger partial charge in [0.15, 0.2) is 5.76 Å². The summed E-state index contributed by atoms with van der Waals surface area (Å²) in [7, 11) is 0. The van der Waals surface area contributed by atoms with Gasteiger partial charge < -0.3 is 10.2 Å². The van der Waals surface area contributed by atoms with E-state index in [9.17, 15) is 15.0 Å². The molecule has 0 heterocycles. The monoisotopic (exact) mass is 280 g/mol. The number of rotatable bonds is 0. The Kier molecular flexibility index (Phi) is 2.30. The maximum Gasteiger partial charge on any atom is 0.229 e. The van der Waals surface area contributed by atoms with Crippen LogP contribution in [0.15, 0.2) is 34.6 Å². The van der Waals surface area contributed by atoms with Crippen molar-refractivity contribution in [3.63, 3.8) is 0 Å². The number of hydrogen-bond acceptors (Lipinski definition) is 3. The smallest absolute Gasteiger partial charge is 0.229 e.